The Labute approximate surface area is 181 Å². The van der Waals surface area contributed by atoms with E-state index in [4.69, 9.17) is 5.11 Å². The highest BCUT2D eigenvalue weighted by atomic mass is 16.4. The lowest BCUT2D eigenvalue weighted by Gasteiger charge is -2.39. The van der Waals surface area contributed by atoms with Crippen LogP contribution in [-0.2, 0) is 38.4 Å². The maximum absolute atomic E-state index is 12.3. The molecular weight excluding hydrogens is 460 g/mol. The van der Waals surface area contributed by atoms with Gasteiger partial charge in [0.15, 0.2) is 0 Å². The summed E-state index contributed by atoms with van der Waals surface area (Å²) in [6.07, 6.45) is -3.01. The van der Waals surface area contributed by atoms with Crippen LogP contribution in [0.2, 0.25) is 0 Å². The molecule has 0 radical (unpaired) electrons. The number of hydrogen-bond donors (Lipinski definition) is 8. The van der Waals surface area contributed by atoms with E-state index in [9.17, 15) is 74.1 Å². The van der Waals surface area contributed by atoms with E-state index in [-0.39, 0.29) is 0 Å². The molecule has 8 N–H and O–H groups in total. The Morgan fingerprint density at radius 3 is 1.48 bits per heavy atom. The number of rotatable bonds is 12. The molecule has 7 unspecified atom stereocenters. The van der Waals surface area contributed by atoms with E-state index in [1.807, 2.05) is 0 Å². The zero-order chi connectivity index (χ0) is 26.0. The Kier molecular flexibility index (Phi) is 7.71. The van der Waals surface area contributed by atoms with E-state index in [2.05, 4.69) is 0 Å². The average Bonchev–Trinajstić information content (AvgIpc) is 3.01. The first-order chi connectivity index (χ1) is 15.0. The van der Waals surface area contributed by atoms with Crippen molar-refractivity contribution >= 4 is 47.8 Å². The highest BCUT2D eigenvalue weighted by molar-refractivity contribution is 5.97. The van der Waals surface area contributed by atoms with Crippen molar-refractivity contribution < 1.29 is 79.2 Å². The van der Waals surface area contributed by atoms with E-state index < -0.39 is 102 Å². The number of carbonyl (C=O) groups is 8. The second kappa shape index (κ2) is 9.49. The lowest BCUT2D eigenvalue weighted by atomic mass is 9.59. The first-order valence-electron chi connectivity index (χ1n) is 8.84. The normalized spacial score (nSPS) is 27.0. The summed E-state index contributed by atoms with van der Waals surface area (Å²) in [5, 5.41) is 75.7. The van der Waals surface area contributed by atoms with E-state index >= 15 is 0 Å². The van der Waals surface area contributed by atoms with Gasteiger partial charge in [0.25, 0.3) is 0 Å². The third-order valence-corrected chi connectivity index (χ3v) is 5.78. The van der Waals surface area contributed by atoms with Gasteiger partial charge < -0.3 is 40.9 Å². The second-order valence-electron chi connectivity index (χ2n) is 7.40. The van der Waals surface area contributed by atoms with Gasteiger partial charge in [-0.25, -0.2) is 0 Å². The molecule has 0 bridgehead atoms. The molecule has 0 spiro atoms. The first-order valence-corrected chi connectivity index (χ1v) is 8.84. The van der Waals surface area contributed by atoms with Gasteiger partial charge in [-0.1, -0.05) is 0 Å². The van der Waals surface area contributed by atoms with Crippen molar-refractivity contribution in [1.82, 2.24) is 0 Å². The molecule has 1 aliphatic carbocycles. The summed E-state index contributed by atoms with van der Waals surface area (Å²) in [6, 6.07) is 0. The standard InChI is InChI=1S/C17H18O16/c18-5(19)1-3(10(20)21)6(12(24)25)8(14(28)29)17(16(32)33)2-4(11(22)23)7(13(26)27)9(17)15(30)31/h3-4,6-9H,1-2H2,(H,18,19)(H,20,21)(H,22,23)(H,24,25)(H,26,27)(H,28,29)(H,30,31)(H,32,33). The number of aliphatic carboxylic acids is 8. The minimum Gasteiger partial charge on any atom is -0.481 e. The van der Waals surface area contributed by atoms with Crippen molar-refractivity contribution in [3.8, 4) is 0 Å². The fourth-order valence-electron chi connectivity index (χ4n) is 4.57. The molecule has 0 heterocycles. The summed E-state index contributed by atoms with van der Waals surface area (Å²) in [5.74, 6) is -33.9. The summed E-state index contributed by atoms with van der Waals surface area (Å²) in [4.78, 5) is 94.2. The summed E-state index contributed by atoms with van der Waals surface area (Å²) >= 11 is 0. The molecule has 0 aliphatic heterocycles. The molecule has 0 aromatic rings. The van der Waals surface area contributed by atoms with Gasteiger partial charge in [-0.2, -0.15) is 0 Å². The van der Waals surface area contributed by atoms with Crippen molar-refractivity contribution in [2.45, 2.75) is 12.8 Å². The van der Waals surface area contributed by atoms with E-state index in [1.54, 1.807) is 0 Å². The summed E-state index contributed by atoms with van der Waals surface area (Å²) in [6.45, 7) is 0. The van der Waals surface area contributed by atoms with Crippen molar-refractivity contribution in [2.24, 2.45) is 40.9 Å². The third-order valence-electron chi connectivity index (χ3n) is 5.78. The molecule has 7 atom stereocenters. The molecule has 1 rings (SSSR count). The van der Waals surface area contributed by atoms with Gasteiger partial charge in [0.1, 0.15) is 0 Å². The van der Waals surface area contributed by atoms with Crippen LogP contribution in [0.5, 0.6) is 0 Å². The van der Waals surface area contributed by atoms with Crippen molar-refractivity contribution in [3.05, 3.63) is 0 Å². The molecule has 0 aromatic heterocycles. The Bertz CT molecular complexity index is 920. The molecule has 182 valence electrons. The van der Waals surface area contributed by atoms with Crippen LogP contribution in [0.1, 0.15) is 12.8 Å². The van der Waals surface area contributed by atoms with E-state index in [0.717, 1.165) is 0 Å². The lowest BCUT2D eigenvalue weighted by molar-refractivity contribution is -0.184. The Hall–Kier alpha value is -4.24. The first kappa shape index (κ1) is 26.8. The van der Waals surface area contributed by atoms with Crippen LogP contribution in [0.3, 0.4) is 0 Å². The van der Waals surface area contributed by atoms with Gasteiger partial charge in [-0.3, -0.25) is 38.4 Å². The topological polar surface area (TPSA) is 298 Å². The fraction of sp³-hybridized carbons (Fsp3) is 0.529. The van der Waals surface area contributed by atoms with E-state index in [0.29, 0.717) is 0 Å². The molecule has 1 fully saturated rings. The SMILES string of the molecule is O=C(O)CC(C(=O)O)C(C(=O)O)C(C(=O)O)C1(C(=O)O)CC(C(=O)O)C(C(=O)O)C1C(=O)O. The third kappa shape index (κ3) is 4.68. The highest BCUT2D eigenvalue weighted by Crippen LogP contribution is 2.58. The number of hydrogen-bond acceptors (Lipinski definition) is 8. The molecule has 33 heavy (non-hydrogen) atoms. The van der Waals surface area contributed by atoms with Gasteiger partial charge in [0.2, 0.25) is 0 Å². The quantitative estimate of drug-likeness (QED) is 0.152. The summed E-state index contributed by atoms with van der Waals surface area (Å²) < 4.78 is 0. The highest BCUT2D eigenvalue weighted by Gasteiger charge is 2.72. The summed E-state index contributed by atoms with van der Waals surface area (Å²) in [7, 11) is 0. The summed E-state index contributed by atoms with van der Waals surface area (Å²) in [5.41, 5.74) is -3.45. The molecule has 0 saturated heterocycles. The predicted octanol–water partition coefficient (Wildman–Crippen LogP) is -1.86. The minimum absolute atomic E-state index is 1.49. The average molecular weight is 478 g/mol. The van der Waals surface area contributed by atoms with Crippen molar-refractivity contribution in [2.75, 3.05) is 0 Å². The second-order valence-corrected chi connectivity index (χ2v) is 7.40. The van der Waals surface area contributed by atoms with Gasteiger partial charge in [-0.05, 0) is 6.42 Å². The lowest BCUT2D eigenvalue weighted by Crippen LogP contribution is -2.55. The number of carboxylic acid groups (broad SMARTS) is 8. The Balaban J connectivity index is 4.06. The smallest absolute Gasteiger partial charge is 0.311 e. The molecule has 0 amide bonds. The molecule has 0 aromatic carbocycles. The van der Waals surface area contributed by atoms with Crippen molar-refractivity contribution in [1.29, 1.82) is 0 Å². The Morgan fingerprint density at radius 1 is 0.697 bits per heavy atom. The predicted molar refractivity (Wildman–Crippen MR) is 93.7 cm³/mol. The largest absolute Gasteiger partial charge is 0.481 e. The minimum atomic E-state index is -3.45. The molecule has 16 nitrogen and oxygen atoms in total. The van der Waals surface area contributed by atoms with Crippen LogP contribution in [0.15, 0.2) is 0 Å². The van der Waals surface area contributed by atoms with Gasteiger partial charge in [0.05, 0.1) is 47.3 Å². The maximum Gasteiger partial charge on any atom is 0.311 e. The van der Waals surface area contributed by atoms with Crippen LogP contribution in [0.25, 0.3) is 0 Å². The van der Waals surface area contributed by atoms with Crippen LogP contribution >= 0.6 is 0 Å². The van der Waals surface area contributed by atoms with Crippen molar-refractivity contribution in [3.63, 3.8) is 0 Å². The van der Waals surface area contributed by atoms with Crippen LogP contribution < -0.4 is 0 Å². The molecule has 16 heteroatoms. The van der Waals surface area contributed by atoms with Gasteiger partial charge in [0, 0.05) is 0 Å². The number of carboxylic acids is 8. The van der Waals surface area contributed by atoms with Gasteiger partial charge >= 0.3 is 47.8 Å². The van der Waals surface area contributed by atoms with Gasteiger partial charge in [-0.15, -0.1) is 0 Å². The molecule has 1 aliphatic rings. The monoisotopic (exact) mass is 478 g/mol. The molecular formula is C17H18O16. The molecule has 1 saturated carbocycles. The zero-order valence-corrected chi connectivity index (χ0v) is 16.2. The fourth-order valence-corrected chi connectivity index (χ4v) is 4.57. The van der Waals surface area contributed by atoms with E-state index in [1.165, 1.54) is 0 Å². The van der Waals surface area contributed by atoms with Crippen LogP contribution in [0.4, 0.5) is 0 Å². The maximum atomic E-state index is 12.3. The van der Waals surface area contributed by atoms with Crippen LogP contribution in [-0.4, -0.2) is 88.6 Å². The zero-order valence-electron chi connectivity index (χ0n) is 16.2. The van der Waals surface area contributed by atoms with Crippen LogP contribution in [0, 0.1) is 40.9 Å². The Morgan fingerprint density at radius 2 is 1.21 bits per heavy atom.